The van der Waals surface area contributed by atoms with Crippen molar-refractivity contribution < 1.29 is 28.9 Å². The zero-order valence-electron chi connectivity index (χ0n) is 11.3. The van der Waals surface area contributed by atoms with Gasteiger partial charge in [-0.3, -0.25) is 9.59 Å². The molecule has 0 aromatic carbocycles. The standard InChI is InChI=1S/C13H20O6/c1-9(2)19-10(3)11(7-17-4)8-18-13(16)6-5-12(14)15/h11H,1,3,5-8H2,2,4H3,(H,14,15)/t11-/m0/s1. The van der Waals surface area contributed by atoms with Crippen LogP contribution in [0.1, 0.15) is 19.8 Å². The van der Waals surface area contributed by atoms with Crippen LogP contribution in [-0.4, -0.2) is 37.4 Å². The van der Waals surface area contributed by atoms with Crippen LogP contribution >= 0.6 is 0 Å². The second-order valence-corrected chi connectivity index (χ2v) is 4.00. The van der Waals surface area contributed by atoms with Crippen molar-refractivity contribution in [1.29, 1.82) is 0 Å². The fourth-order valence-electron chi connectivity index (χ4n) is 1.22. The fourth-order valence-corrected chi connectivity index (χ4v) is 1.22. The Hall–Kier alpha value is -1.82. The van der Waals surface area contributed by atoms with Crippen LogP contribution in [0, 0.1) is 5.92 Å². The predicted molar refractivity (Wildman–Crippen MR) is 68.2 cm³/mol. The number of hydrogen-bond donors (Lipinski definition) is 1. The molecule has 0 spiro atoms. The summed E-state index contributed by atoms with van der Waals surface area (Å²) in [5, 5.41) is 8.44. The van der Waals surface area contributed by atoms with Crippen molar-refractivity contribution in [3.05, 3.63) is 24.7 Å². The van der Waals surface area contributed by atoms with Gasteiger partial charge in [0.05, 0.1) is 31.1 Å². The van der Waals surface area contributed by atoms with Crippen molar-refractivity contribution in [2.75, 3.05) is 20.3 Å². The molecule has 0 rings (SSSR count). The number of methoxy groups -OCH3 is 1. The van der Waals surface area contributed by atoms with Gasteiger partial charge in [0, 0.05) is 7.11 Å². The zero-order valence-corrected chi connectivity index (χ0v) is 11.3. The highest BCUT2D eigenvalue weighted by atomic mass is 16.5. The van der Waals surface area contributed by atoms with E-state index in [0.29, 0.717) is 11.5 Å². The highest BCUT2D eigenvalue weighted by Gasteiger charge is 2.17. The third kappa shape index (κ3) is 8.84. The molecule has 0 aliphatic heterocycles. The third-order valence-electron chi connectivity index (χ3n) is 2.12. The molecule has 1 N–H and O–H groups in total. The Kier molecular flexibility index (Phi) is 8.28. The first kappa shape index (κ1) is 17.2. The van der Waals surface area contributed by atoms with Crippen molar-refractivity contribution in [2.24, 2.45) is 5.92 Å². The molecule has 1 atom stereocenters. The van der Waals surface area contributed by atoms with Gasteiger partial charge in [-0.2, -0.15) is 0 Å². The summed E-state index contributed by atoms with van der Waals surface area (Å²) < 4.78 is 15.2. The number of hydrogen-bond acceptors (Lipinski definition) is 5. The van der Waals surface area contributed by atoms with E-state index in [9.17, 15) is 9.59 Å². The van der Waals surface area contributed by atoms with Crippen LogP contribution in [0.3, 0.4) is 0 Å². The number of rotatable bonds is 10. The Morgan fingerprint density at radius 3 is 2.32 bits per heavy atom. The molecule has 0 aliphatic carbocycles. The lowest BCUT2D eigenvalue weighted by atomic mass is 10.1. The van der Waals surface area contributed by atoms with E-state index in [4.69, 9.17) is 19.3 Å². The molecule has 0 unspecified atom stereocenters. The topological polar surface area (TPSA) is 82.1 Å². The van der Waals surface area contributed by atoms with E-state index in [0.717, 1.165) is 0 Å². The molecule has 108 valence electrons. The largest absolute Gasteiger partial charge is 0.481 e. The van der Waals surface area contributed by atoms with Crippen LogP contribution in [0.2, 0.25) is 0 Å². The SMILES string of the molecule is C=C(C)OC(=C)[C@@H](COC)COC(=O)CCC(=O)O. The number of carbonyl (C=O) groups is 2. The summed E-state index contributed by atoms with van der Waals surface area (Å²) in [5.74, 6) is -1.08. The summed E-state index contributed by atoms with van der Waals surface area (Å²) in [4.78, 5) is 21.6. The maximum absolute atomic E-state index is 11.3. The van der Waals surface area contributed by atoms with Crippen molar-refractivity contribution >= 4 is 11.9 Å². The van der Waals surface area contributed by atoms with E-state index < -0.39 is 11.9 Å². The number of carboxylic acids is 1. The average molecular weight is 272 g/mol. The maximum atomic E-state index is 11.3. The molecule has 6 nitrogen and oxygen atoms in total. The third-order valence-corrected chi connectivity index (χ3v) is 2.12. The molecule has 0 saturated carbocycles. The zero-order chi connectivity index (χ0) is 14.8. The molecule has 0 saturated heterocycles. The summed E-state index contributed by atoms with van der Waals surface area (Å²) in [6.45, 7) is 9.28. The first-order chi connectivity index (χ1) is 8.86. The Labute approximate surface area is 112 Å². The highest BCUT2D eigenvalue weighted by Crippen LogP contribution is 2.15. The van der Waals surface area contributed by atoms with E-state index in [1.165, 1.54) is 7.11 Å². The van der Waals surface area contributed by atoms with E-state index in [2.05, 4.69) is 13.2 Å². The summed E-state index contributed by atoms with van der Waals surface area (Å²) in [5.41, 5.74) is 0. The smallest absolute Gasteiger partial charge is 0.306 e. The van der Waals surface area contributed by atoms with Crippen molar-refractivity contribution in [2.45, 2.75) is 19.8 Å². The van der Waals surface area contributed by atoms with Crippen LogP contribution in [0.25, 0.3) is 0 Å². The number of allylic oxidation sites excluding steroid dienone is 1. The maximum Gasteiger partial charge on any atom is 0.306 e. The van der Waals surface area contributed by atoms with Crippen molar-refractivity contribution in [3.63, 3.8) is 0 Å². The van der Waals surface area contributed by atoms with Gasteiger partial charge in [-0.05, 0) is 6.92 Å². The number of carboxylic acid groups (broad SMARTS) is 1. The van der Waals surface area contributed by atoms with Gasteiger partial charge in [0.1, 0.15) is 12.4 Å². The molecule has 0 radical (unpaired) electrons. The first-order valence-corrected chi connectivity index (χ1v) is 5.75. The van der Waals surface area contributed by atoms with Gasteiger partial charge >= 0.3 is 11.9 Å². The van der Waals surface area contributed by atoms with Gasteiger partial charge in [0.25, 0.3) is 0 Å². The van der Waals surface area contributed by atoms with Crippen LogP contribution in [-0.2, 0) is 23.8 Å². The van der Waals surface area contributed by atoms with Crippen LogP contribution < -0.4 is 0 Å². The van der Waals surface area contributed by atoms with Crippen LogP contribution in [0.5, 0.6) is 0 Å². The fraction of sp³-hybridized carbons (Fsp3) is 0.538. The molecule has 19 heavy (non-hydrogen) atoms. The molecular weight excluding hydrogens is 252 g/mol. The second-order valence-electron chi connectivity index (χ2n) is 4.00. The Bertz CT molecular complexity index is 347. The second kappa shape index (κ2) is 9.16. The molecule has 0 aliphatic rings. The van der Waals surface area contributed by atoms with Crippen molar-refractivity contribution in [3.8, 4) is 0 Å². The van der Waals surface area contributed by atoms with Gasteiger partial charge in [0.2, 0.25) is 0 Å². The van der Waals surface area contributed by atoms with E-state index >= 15 is 0 Å². The predicted octanol–water partition coefficient (Wildman–Crippen LogP) is 1.72. The molecule has 0 aromatic rings. The quantitative estimate of drug-likeness (QED) is 0.481. The van der Waals surface area contributed by atoms with Gasteiger partial charge in [-0.25, -0.2) is 0 Å². The number of esters is 1. The minimum Gasteiger partial charge on any atom is -0.481 e. The summed E-state index contributed by atoms with van der Waals surface area (Å²) in [6.07, 6.45) is -0.417. The number of ether oxygens (including phenoxy) is 3. The Morgan fingerprint density at radius 2 is 1.84 bits per heavy atom. The normalized spacial score (nSPS) is 11.5. The number of aliphatic carboxylic acids is 1. The molecule has 0 bridgehead atoms. The Balaban J connectivity index is 4.20. The Morgan fingerprint density at radius 1 is 1.21 bits per heavy atom. The molecule has 0 heterocycles. The number of carbonyl (C=O) groups excluding carboxylic acids is 1. The molecule has 0 fully saturated rings. The van der Waals surface area contributed by atoms with Crippen LogP contribution in [0.15, 0.2) is 24.7 Å². The highest BCUT2D eigenvalue weighted by molar-refractivity contribution is 5.76. The lowest BCUT2D eigenvalue weighted by Gasteiger charge is -2.19. The molecular formula is C13H20O6. The van der Waals surface area contributed by atoms with Gasteiger partial charge in [-0.1, -0.05) is 13.2 Å². The first-order valence-electron chi connectivity index (χ1n) is 5.75. The van der Waals surface area contributed by atoms with Crippen LogP contribution in [0.4, 0.5) is 0 Å². The lowest BCUT2D eigenvalue weighted by molar-refractivity contribution is -0.149. The molecule has 0 aromatic heterocycles. The lowest BCUT2D eigenvalue weighted by Crippen LogP contribution is -2.21. The van der Waals surface area contributed by atoms with E-state index in [1.54, 1.807) is 6.92 Å². The van der Waals surface area contributed by atoms with E-state index in [-0.39, 0.29) is 32.0 Å². The average Bonchev–Trinajstić information content (AvgIpc) is 2.30. The molecule has 6 heteroatoms. The van der Waals surface area contributed by atoms with Gasteiger partial charge in [0.15, 0.2) is 0 Å². The van der Waals surface area contributed by atoms with E-state index in [1.807, 2.05) is 0 Å². The molecule has 0 amide bonds. The van der Waals surface area contributed by atoms with Crippen molar-refractivity contribution in [1.82, 2.24) is 0 Å². The minimum absolute atomic E-state index is 0.0262. The monoisotopic (exact) mass is 272 g/mol. The van der Waals surface area contributed by atoms with Gasteiger partial charge in [-0.15, -0.1) is 0 Å². The minimum atomic E-state index is -1.04. The summed E-state index contributed by atoms with van der Waals surface area (Å²) >= 11 is 0. The summed E-state index contributed by atoms with van der Waals surface area (Å²) in [7, 11) is 1.51. The summed E-state index contributed by atoms with van der Waals surface area (Å²) in [6, 6.07) is 0. The van der Waals surface area contributed by atoms with Gasteiger partial charge < -0.3 is 19.3 Å².